The maximum absolute atomic E-state index is 13.3. The van der Waals surface area contributed by atoms with Crippen LogP contribution in [0.2, 0.25) is 0 Å². The summed E-state index contributed by atoms with van der Waals surface area (Å²) in [7, 11) is 0. The normalized spacial score (nSPS) is 23.7. The van der Waals surface area contributed by atoms with E-state index in [1.165, 1.54) is 18.2 Å². The predicted octanol–water partition coefficient (Wildman–Crippen LogP) is 4.52. The average Bonchev–Trinajstić information content (AvgIpc) is 2.84. The van der Waals surface area contributed by atoms with Crippen LogP contribution in [0.1, 0.15) is 49.9 Å². The quantitative estimate of drug-likeness (QED) is 0.806. The number of nitrogens with zero attached hydrogens (tertiary/aromatic N) is 2. The third kappa shape index (κ3) is 4.17. The Hall–Kier alpha value is -2.34. The van der Waals surface area contributed by atoms with Crippen molar-refractivity contribution in [3.63, 3.8) is 0 Å². The Morgan fingerprint density at radius 3 is 2.90 bits per heavy atom. The van der Waals surface area contributed by atoms with Gasteiger partial charge in [0.1, 0.15) is 5.03 Å². The van der Waals surface area contributed by atoms with E-state index in [0.29, 0.717) is 23.9 Å². The number of amides is 2. The number of nitrogens with one attached hydrogen (secondary N) is 1. The molecule has 1 fully saturated rings. The monoisotopic (exact) mass is 409 g/mol. The smallest absolute Gasteiger partial charge is 0.259 e. The molecular formula is C23H27N3O2S. The highest BCUT2D eigenvalue weighted by Gasteiger charge is 2.30. The van der Waals surface area contributed by atoms with Crippen LogP contribution >= 0.6 is 11.8 Å². The Bertz CT molecular complexity index is 917. The molecule has 0 spiro atoms. The molecule has 5 nitrogen and oxygen atoms in total. The second-order valence-corrected chi connectivity index (χ2v) is 9.10. The van der Waals surface area contributed by atoms with Gasteiger partial charge >= 0.3 is 0 Å². The number of aromatic nitrogens is 1. The SMILES string of the molecule is CC1CCCC(NC(=O)CCN2C(=O)c3ccccc3Sc3ncccc32)C1C. The molecule has 0 radical (unpaired) electrons. The van der Waals surface area contributed by atoms with E-state index in [0.717, 1.165) is 28.5 Å². The van der Waals surface area contributed by atoms with Crippen molar-refractivity contribution in [1.82, 2.24) is 10.3 Å². The fourth-order valence-corrected chi connectivity index (χ4v) is 5.27. The van der Waals surface area contributed by atoms with Gasteiger partial charge in [-0.05, 0) is 42.5 Å². The molecule has 4 rings (SSSR count). The first-order chi connectivity index (χ1) is 14.0. The van der Waals surface area contributed by atoms with Gasteiger partial charge in [0.05, 0.1) is 11.3 Å². The van der Waals surface area contributed by atoms with Crippen LogP contribution in [-0.4, -0.2) is 29.4 Å². The van der Waals surface area contributed by atoms with Gasteiger partial charge in [-0.3, -0.25) is 9.59 Å². The fourth-order valence-electron chi connectivity index (χ4n) is 4.26. The molecule has 0 bridgehead atoms. The summed E-state index contributed by atoms with van der Waals surface area (Å²) in [5.74, 6) is 1.06. The largest absolute Gasteiger partial charge is 0.353 e. The Kier molecular flexibility index (Phi) is 5.90. The van der Waals surface area contributed by atoms with Crippen LogP contribution in [0.25, 0.3) is 0 Å². The lowest BCUT2D eigenvalue weighted by molar-refractivity contribution is -0.122. The molecule has 152 valence electrons. The third-order valence-electron chi connectivity index (χ3n) is 6.23. The van der Waals surface area contributed by atoms with Gasteiger partial charge < -0.3 is 10.2 Å². The Labute approximate surface area is 176 Å². The van der Waals surface area contributed by atoms with Gasteiger partial charge in [-0.2, -0.15) is 0 Å². The summed E-state index contributed by atoms with van der Waals surface area (Å²) in [4.78, 5) is 33.0. The number of benzene rings is 1. The van der Waals surface area contributed by atoms with E-state index in [1.54, 1.807) is 11.1 Å². The lowest BCUT2D eigenvalue weighted by Gasteiger charge is -2.34. The number of carbonyl (C=O) groups excluding carboxylic acids is 2. The molecule has 0 saturated heterocycles. The Balaban J connectivity index is 1.50. The first-order valence-corrected chi connectivity index (χ1v) is 11.2. The summed E-state index contributed by atoms with van der Waals surface area (Å²) in [6.07, 6.45) is 5.45. The van der Waals surface area contributed by atoms with Gasteiger partial charge in [-0.25, -0.2) is 4.98 Å². The van der Waals surface area contributed by atoms with Crippen LogP contribution in [0.15, 0.2) is 52.5 Å². The Morgan fingerprint density at radius 1 is 1.21 bits per heavy atom. The number of pyridine rings is 1. The number of rotatable bonds is 4. The molecule has 1 saturated carbocycles. The number of carbonyl (C=O) groups is 2. The number of anilines is 1. The van der Waals surface area contributed by atoms with Crippen molar-refractivity contribution in [2.24, 2.45) is 11.8 Å². The van der Waals surface area contributed by atoms with Gasteiger partial charge in [0, 0.05) is 30.1 Å². The summed E-state index contributed by atoms with van der Waals surface area (Å²) in [5.41, 5.74) is 1.43. The molecule has 1 N–H and O–H groups in total. The molecular weight excluding hydrogens is 382 g/mol. The Morgan fingerprint density at radius 2 is 2.03 bits per heavy atom. The van der Waals surface area contributed by atoms with Crippen molar-refractivity contribution in [3.8, 4) is 0 Å². The minimum Gasteiger partial charge on any atom is -0.353 e. The first kappa shape index (κ1) is 20.0. The zero-order chi connectivity index (χ0) is 20.4. The van der Waals surface area contributed by atoms with Crippen molar-refractivity contribution in [3.05, 3.63) is 48.2 Å². The summed E-state index contributed by atoms with van der Waals surface area (Å²) in [5, 5.41) is 4.01. The number of fused-ring (bicyclic) bond motifs is 2. The average molecular weight is 410 g/mol. The zero-order valence-corrected chi connectivity index (χ0v) is 17.7. The fraction of sp³-hybridized carbons (Fsp3) is 0.435. The van der Waals surface area contributed by atoms with Crippen LogP contribution in [0.4, 0.5) is 5.69 Å². The van der Waals surface area contributed by atoms with E-state index in [-0.39, 0.29) is 24.3 Å². The van der Waals surface area contributed by atoms with E-state index in [4.69, 9.17) is 0 Å². The van der Waals surface area contributed by atoms with Crippen LogP contribution in [0, 0.1) is 11.8 Å². The van der Waals surface area contributed by atoms with E-state index in [2.05, 4.69) is 24.1 Å². The second kappa shape index (κ2) is 8.57. The molecule has 1 aliphatic carbocycles. The summed E-state index contributed by atoms with van der Waals surface area (Å²) < 4.78 is 0. The first-order valence-electron chi connectivity index (χ1n) is 10.4. The van der Waals surface area contributed by atoms with Crippen molar-refractivity contribution in [2.45, 2.75) is 55.5 Å². The molecule has 1 aromatic carbocycles. The van der Waals surface area contributed by atoms with Gasteiger partial charge in [-0.1, -0.05) is 50.6 Å². The van der Waals surface area contributed by atoms with Gasteiger partial charge in [0.25, 0.3) is 5.91 Å². The maximum atomic E-state index is 13.3. The zero-order valence-electron chi connectivity index (χ0n) is 16.9. The maximum Gasteiger partial charge on any atom is 0.259 e. The minimum atomic E-state index is -0.0766. The van der Waals surface area contributed by atoms with Crippen molar-refractivity contribution in [1.29, 1.82) is 0 Å². The van der Waals surface area contributed by atoms with Crippen LogP contribution in [-0.2, 0) is 4.79 Å². The molecule has 3 unspecified atom stereocenters. The van der Waals surface area contributed by atoms with E-state index < -0.39 is 0 Å². The number of hydrogen-bond donors (Lipinski definition) is 1. The third-order valence-corrected chi connectivity index (χ3v) is 7.31. The summed E-state index contributed by atoms with van der Waals surface area (Å²) >= 11 is 1.50. The van der Waals surface area contributed by atoms with Gasteiger partial charge in [-0.15, -0.1) is 0 Å². The van der Waals surface area contributed by atoms with Crippen molar-refractivity contribution >= 4 is 29.3 Å². The van der Waals surface area contributed by atoms with Gasteiger partial charge in [0.15, 0.2) is 0 Å². The van der Waals surface area contributed by atoms with Crippen molar-refractivity contribution in [2.75, 3.05) is 11.4 Å². The van der Waals surface area contributed by atoms with E-state index in [1.807, 2.05) is 36.4 Å². The molecule has 3 atom stereocenters. The predicted molar refractivity (Wildman–Crippen MR) is 115 cm³/mol. The topological polar surface area (TPSA) is 62.3 Å². The highest BCUT2D eigenvalue weighted by atomic mass is 32.2. The molecule has 2 heterocycles. The molecule has 2 aliphatic rings. The van der Waals surface area contributed by atoms with E-state index in [9.17, 15) is 9.59 Å². The minimum absolute atomic E-state index is 0.0133. The molecule has 29 heavy (non-hydrogen) atoms. The van der Waals surface area contributed by atoms with Crippen LogP contribution in [0.3, 0.4) is 0 Å². The molecule has 1 aliphatic heterocycles. The molecule has 6 heteroatoms. The standard InChI is InChI=1S/C23H27N3O2S/c1-15-7-5-9-18(16(15)2)25-21(27)12-14-26-19-10-6-13-24-22(19)29-20-11-4-3-8-17(20)23(26)28/h3-4,6,8,10-11,13,15-16,18H,5,7,9,12,14H2,1-2H3,(H,25,27). The molecule has 1 aromatic heterocycles. The highest BCUT2D eigenvalue weighted by Crippen LogP contribution is 2.39. The molecule has 2 aromatic rings. The van der Waals surface area contributed by atoms with Crippen molar-refractivity contribution < 1.29 is 9.59 Å². The van der Waals surface area contributed by atoms with E-state index >= 15 is 0 Å². The number of hydrogen-bond acceptors (Lipinski definition) is 4. The van der Waals surface area contributed by atoms with Crippen LogP contribution in [0.5, 0.6) is 0 Å². The molecule has 2 amide bonds. The summed E-state index contributed by atoms with van der Waals surface area (Å²) in [6.45, 7) is 4.83. The van der Waals surface area contributed by atoms with Gasteiger partial charge in [0.2, 0.25) is 5.91 Å². The lowest BCUT2D eigenvalue weighted by atomic mass is 9.78. The lowest BCUT2D eigenvalue weighted by Crippen LogP contribution is -2.45. The second-order valence-electron chi connectivity index (χ2n) is 8.07. The highest BCUT2D eigenvalue weighted by molar-refractivity contribution is 7.99. The van der Waals surface area contributed by atoms with Crippen LogP contribution < -0.4 is 10.2 Å². The summed E-state index contributed by atoms with van der Waals surface area (Å²) in [6, 6.07) is 11.6.